The van der Waals surface area contributed by atoms with E-state index in [1.54, 1.807) is 0 Å². The summed E-state index contributed by atoms with van der Waals surface area (Å²) in [6.07, 6.45) is 13.3. The number of hydrogen-bond donors (Lipinski definition) is 0. The van der Waals surface area contributed by atoms with Crippen LogP contribution < -0.4 is 0 Å². The van der Waals surface area contributed by atoms with Crippen LogP contribution in [0.4, 0.5) is 0 Å². The molecule has 0 aliphatic heterocycles. The van der Waals surface area contributed by atoms with Gasteiger partial charge in [0.15, 0.2) is 0 Å². The Labute approximate surface area is 130 Å². The molecule has 114 valence electrons. The van der Waals surface area contributed by atoms with Crippen molar-refractivity contribution in [1.29, 1.82) is 0 Å². The van der Waals surface area contributed by atoms with Crippen molar-refractivity contribution in [2.75, 3.05) is 6.61 Å². The molecule has 0 unspecified atom stereocenters. The molecule has 0 aromatic carbocycles. The summed E-state index contributed by atoms with van der Waals surface area (Å²) in [7, 11) is 0. The Balaban J connectivity index is 3.01. The average Bonchev–Trinajstić information content (AvgIpc) is 2.40. The predicted octanol–water partition coefficient (Wildman–Crippen LogP) is 5.01. The van der Waals surface area contributed by atoms with E-state index in [1.807, 2.05) is 6.92 Å². The van der Waals surface area contributed by atoms with Crippen LogP contribution in [0.25, 0.3) is 0 Å². The van der Waals surface area contributed by atoms with E-state index >= 15 is 0 Å². The molecule has 0 aromatic heterocycles. The number of esters is 1. The van der Waals surface area contributed by atoms with Crippen LogP contribution in [0, 0.1) is 0 Å². The van der Waals surface area contributed by atoms with Crippen LogP contribution in [0.15, 0.2) is 0 Å². The molecule has 0 atom stereocenters. The molecule has 0 rings (SSSR count). The Morgan fingerprint density at radius 1 is 0.842 bits per heavy atom. The first-order chi connectivity index (χ1) is 9.31. The van der Waals surface area contributed by atoms with Gasteiger partial charge in [0, 0.05) is 0 Å². The van der Waals surface area contributed by atoms with Crippen molar-refractivity contribution in [2.45, 2.75) is 87.0 Å². The van der Waals surface area contributed by atoms with Crippen LogP contribution in [-0.4, -0.2) is 33.5 Å². The number of carbonyl (C=O) groups is 1. The topological polar surface area (TPSA) is 26.3 Å². The Bertz CT molecular complexity index is 195. The quantitative estimate of drug-likeness (QED) is 0.239. The second-order valence-corrected chi connectivity index (χ2v) is 8.49. The van der Waals surface area contributed by atoms with E-state index in [4.69, 9.17) is 4.74 Å². The van der Waals surface area contributed by atoms with Crippen LogP contribution in [0.2, 0.25) is 8.94 Å². The fourth-order valence-electron chi connectivity index (χ4n) is 2.01. The van der Waals surface area contributed by atoms with Crippen molar-refractivity contribution in [3.63, 3.8) is 0 Å². The monoisotopic (exact) mass is 386 g/mol. The maximum atomic E-state index is 11.1. The SMILES string of the molecule is CCCCCCCCCCC[Te]CCC(=O)OCC. The van der Waals surface area contributed by atoms with Crippen LogP contribution >= 0.6 is 0 Å². The van der Waals surface area contributed by atoms with Gasteiger partial charge in [-0.3, -0.25) is 0 Å². The van der Waals surface area contributed by atoms with Gasteiger partial charge in [0.1, 0.15) is 0 Å². The van der Waals surface area contributed by atoms with E-state index in [-0.39, 0.29) is 26.9 Å². The summed E-state index contributed by atoms with van der Waals surface area (Å²) in [6, 6.07) is 0. The second kappa shape index (κ2) is 16.3. The first-order valence-electron chi connectivity index (χ1n) is 8.04. The molecule has 0 bridgehead atoms. The molecule has 0 saturated heterocycles. The number of ether oxygens (including phenoxy) is 1. The van der Waals surface area contributed by atoms with Gasteiger partial charge >= 0.3 is 130 Å². The summed E-state index contributed by atoms with van der Waals surface area (Å²) >= 11 is 0.0752. The molecule has 0 N–H and O–H groups in total. The van der Waals surface area contributed by atoms with Crippen LogP contribution in [-0.2, 0) is 9.53 Å². The van der Waals surface area contributed by atoms with Crippen LogP contribution in [0.5, 0.6) is 0 Å². The molecule has 2 nitrogen and oxygen atoms in total. The van der Waals surface area contributed by atoms with Crippen LogP contribution in [0.1, 0.15) is 78.1 Å². The van der Waals surface area contributed by atoms with E-state index in [0.717, 1.165) is 4.47 Å². The molecule has 0 spiro atoms. The van der Waals surface area contributed by atoms with E-state index in [9.17, 15) is 4.79 Å². The molecular weight excluding hydrogens is 352 g/mol. The van der Waals surface area contributed by atoms with Crippen molar-refractivity contribution in [1.82, 2.24) is 0 Å². The summed E-state index contributed by atoms with van der Waals surface area (Å²) in [5.74, 6) is -0.000297. The predicted molar refractivity (Wildman–Crippen MR) is 83.8 cm³/mol. The molecule has 0 aromatic rings. The van der Waals surface area contributed by atoms with E-state index in [1.165, 1.54) is 62.3 Å². The zero-order valence-electron chi connectivity index (χ0n) is 12.9. The van der Waals surface area contributed by atoms with Gasteiger partial charge < -0.3 is 0 Å². The van der Waals surface area contributed by atoms with E-state index in [2.05, 4.69) is 6.92 Å². The van der Waals surface area contributed by atoms with Gasteiger partial charge in [-0.1, -0.05) is 0 Å². The first-order valence-corrected chi connectivity index (χ1v) is 11.3. The summed E-state index contributed by atoms with van der Waals surface area (Å²) in [6.45, 7) is 4.67. The molecule has 0 radical (unpaired) electrons. The van der Waals surface area contributed by atoms with E-state index < -0.39 is 0 Å². The Kier molecular flexibility index (Phi) is 16.5. The molecule has 0 fully saturated rings. The van der Waals surface area contributed by atoms with Gasteiger partial charge in [-0.15, -0.1) is 0 Å². The summed E-state index contributed by atoms with van der Waals surface area (Å²) in [5, 5.41) is 0. The van der Waals surface area contributed by atoms with Gasteiger partial charge in [0.2, 0.25) is 0 Å². The van der Waals surface area contributed by atoms with Crippen LogP contribution in [0.3, 0.4) is 0 Å². The van der Waals surface area contributed by atoms with E-state index in [0.29, 0.717) is 13.0 Å². The molecule has 0 aliphatic carbocycles. The van der Waals surface area contributed by atoms with Crippen molar-refractivity contribution in [2.24, 2.45) is 0 Å². The summed E-state index contributed by atoms with van der Waals surface area (Å²) in [4.78, 5) is 11.1. The fraction of sp³-hybridized carbons (Fsp3) is 0.938. The molecule has 0 saturated carbocycles. The third kappa shape index (κ3) is 16.2. The van der Waals surface area contributed by atoms with Gasteiger partial charge in [0.05, 0.1) is 0 Å². The van der Waals surface area contributed by atoms with Gasteiger partial charge in [-0.2, -0.15) is 0 Å². The minimum absolute atomic E-state index is 0.000297. The molecule has 3 heteroatoms. The molecule has 19 heavy (non-hydrogen) atoms. The standard InChI is InChI=1S/C16H32O2Te/c1-3-5-6-7-8-9-10-11-12-14-19-15-13-16(17)18-4-2/h3-15H2,1-2H3. The minimum atomic E-state index is -0.000297. The third-order valence-electron chi connectivity index (χ3n) is 3.15. The zero-order valence-corrected chi connectivity index (χ0v) is 15.2. The Hall–Kier alpha value is 0.260. The number of unbranched alkanes of at least 4 members (excludes halogenated alkanes) is 8. The third-order valence-corrected chi connectivity index (χ3v) is 6.20. The number of rotatable bonds is 14. The van der Waals surface area contributed by atoms with Gasteiger partial charge in [0.25, 0.3) is 0 Å². The molecular formula is C16H32O2Te. The summed E-state index contributed by atoms with van der Waals surface area (Å²) < 4.78 is 7.45. The van der Waals surface area contributed by atoms with Crippen molar-refractivity contribution in [3.05, 3.63) is 0 Å². The average molecular weight is 384 g/mol. The van der Waals surface area contributed by atoms with Gasteiger partial charge in [-0.05, 0) is 0 Å². The molecule has 0 amide bonds. The Morgan fingerprint density at radius 3 is 2.00 bits per heavy atom. The normalized spacial score (nSPS) is 10.6. The maximum absolute atomic E-state index is 11.1. The second-order valence-electron chi connectivity index (χ2n) is 5.00. The van der Waals surface area contributed by atoms with Crippen molar-refractivity contribution < 1.29 is 9.53 Å². The number of hydrogen-bond acceptors (Lipinski definition) is 2. The summed E-state index contributed by atoms with van der Waals surface area (Å²) in [5.41, 5.74) is 0. The number of carbonyl (C=O) groups excluding carboxylic acids is 1. The zero-order chi connectivity index (χ0) is 14.2. The van der Waals surface area contributed by atoms with Crippen molar-refractivity contribution >= 4 is 26.9 Å². The molecule has 0 heterocycles. The Morgan fingerprint density at radius 2 is 1.42 bits per heavy atom. The van der Waals surface area contributed by atoms with Gasteiger partial charge in [-0.25, -0.2) is 0 Å². The fourth-order valence-corrected chi connectivity index (χ4v) is 4.64. The molecule has 0 aliphatic rings. The first kappa shape index (κ1) is 19.3. The van der Waals surface area contributed by atoms with Crippen molar-refractivity contribution in [3.8, 4) is 0 Å².